The van der Waals surface area contributed by atoms with Gasteiger partial charge in [0.1, 0.15) is 13.2 Å². The third-order valence-electron chi connectivity index (χ3n) is 6.35. The quantitative estimate of drug-likeness (QED) is 0.0428. The highest BCUT2D eigenvalue weighted by atomic mass is 31.2. The number of amides is 1. The predicted octanol–water partition coefficient (Wildman–Crippen LogP) is 7.01. The number of unbranched alkanes of at least 4 members (excludes halogenated alkanes) is 5. The van der Waals surface area contributed by atoms with Gasteiger partial charge in [0.15, 0.2) is 0 Å². The van der Waals surface area contributed by atoms with Crippen LogP contribution in [-0.2, 0) is 18.4 Å². The Bertz CT molecular complexity index is 819. The minimum atomic E-state index is -4.31. The number of carbonyl (C=O) groups is 1. The van der Waals surface area contributed by atoms with Crippen LogP contribution in [0.5, 0.6) is 0 Å². The molecule has 0 saturated heterocycles. The van der Waals surface area contributed by atoms with Gasteiger partial charge in [-0.2, -0.15) is 0 Å². The van der Waals surface area contributed by atoms with E-state index in [0.29, 0.717) is 23.9 Å². The Balaban J connectivity index is 4.67. The standard InChI is InChI=1S/C32H59N2O6P/c1-6-8-10-12-14-15-16-17-18-19-20-22-24-26-32(36)33-30(31(35)25-23-21-13-11-9-7-2)29-40-41(37,38)39-28-27-34(3,4)5/h8,10,14-15,17-18,20,22,30-31,35H,6-7,9,11-13,16,19,21,23-29H2,1-5H3,(H-,33,36,37,38)/p+1/b10-8-,15-14-,18-17-,22-20-. The van der Waals surface area contributed by atoms with Crippen LogP contribution in [0.15, 0.2) is 48.6 Å². The molecule has 9 heteroatoms. The second-order valence-corrected chi connectivity index (χ2v) is 12.9. The molecule has 0 heterocycles. The average Bonchev–Trinajstić information content (AvgIpc) is 2.90. The number of likely N-dealkylation sites (N-methyl/N-ethyl adjacent to an activating group) is 1. The Morgan fingerprint density at radius 3 is 2.00 bits per heavy atom. The van der Waals surface area contributed by atoms with Crippen LogP contribution in [0, 0.1) is 0 Å². The number of hydrogen-bond donors (Lipinski definition) is 3. The fourth-order valence-corrected chi connectivity index (χ4v) is 4.55. The second kappa shape index (κ2) is 25.0. The molecule has 1 amide bonds. The lowest BCUT2D eigenvalue weighted by molar-refractivity contribution is -0.870. The lowest BCUT2D eigenvalue weighted by Crippen LogP contribution is -2.46. The van der Waals surface area contributed by atoms with Gasteiger partial charge >= 0.3 is 7.82 Å². The van der Waals surface area contributed by atoms with Crippen LogP contribution in [0.25, 0.3) is 0 Å². The molecule has 8 nitrogen and oxygen atoms in total. The highest BCUT2D eigenvalue weighted by Gasteiger charge is 2.28. The third-order valence-corrected chi connectivity index (χ3v) is 7.34. The Kier molecular flexibility index (Phi) is 24.1. The van der Waals surface area contributed by atoms with Gasteiger partial charge in [0.2, 0.25) is 5.91 Å². The Hall–Kier alpha value is -1.54. The summed E-state index contributed by atoms with van der Waals surface area (Å²) < 4.78 is 23.2. The number of carbonyl (C=O) groups excluding carboxylic acids is 1. The minimum Gasteiger partial charge on any atom is -0.391 e. The van der Waals surface area contributed by atoms with Crippen molar-refractivity contribution >= 4 is 13.7 Å². The Labute approximate surface area is 250 Å². The summed E-state index contributed by atoms with van der Waals surface area (Å²) in [6.45, 7) is 4.59. The van der Waals surface area contributed by atoms with Gasteiger partial charge in [-0.3, -0.25) is 13.8 Å². The number of nitrogens with zero attached hydrogens (tertiary/aromatic N) is 1. The van der Waals surface area contributed by atoms with Crippen LogP contribution >= 0.6 is 7.82 Å². The molecule has 238 valence electrons. The molecule has 0 saturated carbocycles. The molecule has 3 unspecified atom stereocenters. The zero-order valence-electron chi connectivity index (χ0n) is 26.5. The van der Waals surface area contributed by atoms with Crippen LogP contribution in [0.1, 0.15) is 97.3 Å². The molecule has 0 spiro atoms. The smallest absolute Gasteiger partial charge is 0.391 e. The van der Waals surface area contributed by atoms with Crippen LogP contribution in [0.4, 0.5) is 0 Å². The zero-order chi connectivity index (χ0) is 30.8. The van der Waals surface area contributed by atoms with Gasteiger partial charge in [0.05, 0.1) is 39.9 Å². The molecule has 0 rings (SSSR count). The van der Waals surface area contributed by atoms with Crippen molar-refractivity contribution in [1.82, 2.24) is 5.32 Å². The lowest BCUT2D eigenvalue weighted by atomic mass is 10.0. The highest BCUT2D eigenvalue weighted by Crippen LogP contribution is 2.43. The Morgan fingerprint density at radius 1 is 0.854 bits per heavy atom. The Morgan fingerprint density at radius 2 is 1.41 bits per heavy atom. The number of rotatable bonds is 26. The summed E-state index contributed by atoms with van der Waals surface area (Å²) in [6, 6.07) is -0.793. The molecule has 0 bridgehead atoms. The fraction of sp³-hybridized carbons (Fsp3) is 0.719. The number of phosphoric ester groups is 1. The predicted molar refractivity (Wildman–Crippen MR) is 170 cm³/mol. The number of nitrogens with one attached hydrogen (secondary N) is 1. The lowest BCUT2D eigenvalue weighted by Gasteiger charge is -2.26. The van der Waals surface area contributed by atoms with Crippen molar-refractivity contribution in [1.29, 1.82) is 0 Å². The van der Waals surface area contributed by atoms with E-state index in [1.165, 1.54) is 19.3 Å². The maximum absolute atomic E-state index is 12.6. The van der Waals surface area contributed by atoms with Gasteiger partial charge in [-0.25, -0.2) is 4.57 Å². The van der Waals surface area contributed by atoms with Gasteiger partial charge in [0.25, 0.3) is 0 Å². The second-order valence-electron chi connectivity index (χ2n) is 11.4. The van der Waals surface area contributed by atoms with Gasteiger partial charge in [0, 0.05) is 6.42 Å². The molecular formula is C32H60N2O6P+. The molecular weight excluding hydrogens is 539 g/mol. The van der Waals surface area contributed by atoms with Gasteiger partial charge < -0.3 is 19.8 Å². The molecule has 0 aromatic carbocycles. The molecule has 0 radical (unpaired) electrons. The largest absolute Gasteiger partial charge is 0.472 e. The SMILES string of the molecule is CC/C=C\C/C=C\C/C=C\C/C=C\CCC(=O)NC(COP(=O)(O)OCC[N+](C)(C)C)C(O)CCCCCCCC. The molecule has 3 N–H and O–H groups in total. The monoisotopic (exact) mass is 599 g/mol. The summed E-state index contributed by atoms with van der Waals surface area (Å²) >= 11 is 0. The van der Waals surface area contributed by atoms with E-state index in [2.05, 4.69) is 55.6 Å². The average molecular weight is 600 g/mol. The number of hydrogen-bond acceptors (Lipinski definition) is 5. The molecule has 0 aromatic heterocycles. The molecule has 0 aliphatic heterocycles. The van der Waals surface area contributed by atoms with E-state index in [1.54, 1.807) is 0 Å². The van der Waals surface area contributed by atoms with Crippen LogP contribution in [0.2, 0.25) is 0 Å². The van der Waals surface area contributed by atoms with Crippen molar-refractivity contribution in [3.8, 4) is 0 Å². The highest BCUT2D eigenvalue weighted by molar-refractivity contribution is 7.47. The number of aliphatic hydroxyl groups is 1. The van der Waals surface area contributed by atoms with Crippen LogP contribution in [-0.4, -0.2) is 73.4 Å². The maximum Gasteiger partial charge on any atom is 0.472 e. The molecule has 0 aliphatic carbocycles. The van der Waals surface area contributed by atoms with E-state index in [-0.39, 0.29) is 25.5 Å². The topological polar surface area (TPSA) is 105 Å². The van der Waals surface area contributed by atoms with Gasteiger partial charge in [-0.1, -0.05) is 101 Å². The van der Waals surface area contributed by atoms with E-state index < -0.39 is 20.0 Å². The van der Waals surface area contributed by atoms with Crippen molar-refractivity contribution < 1.29 is 32.9 Å². The van der Waals surface area contributed by atoms with Crippen molar-refractivity contribution in [2.24, 2.45) is 0 Å². The number of quaternary nitrogens is 1. The van der Waals surface area contributed by atoms with Crippen molar-refractivity contribution in [3.63, 3.8) is 0 Å². The molecule has 0 aromatic rings. The first-order valence-electron chi connectivity index (χ1n) is 15.5. The van der Waals surface area contributed by atoms with Gasteiger partial charge in [-0.05, 0) is 38.5 Å². The van der Waals surface area contributed by atoms with Crippen LogP contribution < -0.4 is 5.32 Å². The van der Waals surface area contributed by atoms with Crippen molar-refractivity contribution in [2.45, 2.75) is 109 Å². The molecule has 0 aliphatic rings. The summed E-state index contributed by atoms with van der Waals surface area (Å²) in [7, 11) is 1.55. The molecule has 41 heavy (non-hydrogen) atoms. The molecule has 3 atom stereocenters. The minimum absolute atomic E-state index is 0.0590. The van der Waals surface area contributed by atoms with E-state index in [9.17, 15) is 19.4 Å². The number of phosphoric acid groups is 1. The number of allylic oxidation sites excluding steroid dienone is 8. The summed E-state index contributed by atoms with van der Waals surface area (Å²) in [5.41, 5.74) is 0. The van der Waals surface area contributed by atoms with Crippen molar-refractivity contribution in [2.75, 3.05) is 40.9 Å². The van der Waals surface area contributed by atoms with Crippen LogP contribution in [0.3, 0.4) is 0 Å². The summed E-state index contributed by atoms with van der Waals surface area (Å²) in [5, 5.41) is 13.6. The van der Waals surface area contributed by atoms with Gasteiger partial charge in [-0.15, -0.1) is 0 Å². The molecule has 0 fully saturated rings. The summed E-state index contributed by atoms with van der Waals surface area (Å²) in [5.74, 6) is -0.234. The first-order chi connectivity index (χ1) is 19.5. The first kappa shape index (κ1) is 39.5. The third kappa shape index (κ3) is 27.1. The van der Waals surface area contributed by atoms with E-state index in [0.717, 1.165) is 44.9 Å². The maximum atomic E-state index is 12.6. The normalized spacial score (nSPS) is 15.8. The fourth-order valence-electron chi connectivity index (χ4n) is 3.82. The summed E-state index contributed by atoms with van der Waals surface area (Å²) in [6.07, 6.45) is 27.5. The van der Waals surface area contributed by atoms with E-state index >= 15 is 0 Å². The van der Waals surface area contributed by atoms with E-state index in [1.807, 2.05) is 33.3 Å². The van der Waals surface area contributed by atoms with E-state index in [4.69, 9.17) is 9.05 Å². The zero-order valence-corrected chi connectivity index (χ0v) is 27.4. The number of aliphatic hydroxyl groups excluding tert-OH is 1. The first-order valence-corrected chi connectivity index (χ1v) is 17.0. The van der Waals surface area contributed by atoms with Crippen molar-refractivity contribution in [3.05, 3.63) is 48.6 Å². The summed E-state index contributed by atoms with van der Waals surface area (Å²) in [4.78, 5) is 22.7.